The first-order valence-corrected chi connectivity index (χ1v) is 24.8. The van der Waals surface area contributed by atoms with Crippen LogP contribution in [-0.2, 0) is 0 Å². The average molecular weight is 849 g/mol. The molecular formula is C60H40N2SSi. The van der Waals surface area contributed by atoms with Crippen LogP contribution in [0.15, 0.2) is 243 Å². The summed E-state index contributed by atoms with van der Waals surface area (Å²) in [4.78, 5) is 0. The van der Waals surface area contributed by atoms with E-state index >= 15 is 0 Å². The molecule has 300 valence electrons. The van der Waals surface area contributed by atoms with Gasteiger partial charge in [-0.2, -0.15) is 0 Å². The first-order chi connectivity index (χ1) is 31.8. The molecule has 0 unspecified atom stereocenters. The minimum Gasteiger partial charge on any atom is -0.309 e. The van der Waals surface area contributed by atoms with Crippen molar-refractivity contribution in [2.45, 2.75) is 0 Å². The number of nitrogens with zero attached hydrogens (tertiary/aromatic N) is 2. The lowest BCUT2D eigenvalue weighted by Crippen LogP contribution is -2.74. The molecule has 13 rings (SSSR count). The summed E-state index contributed by atoms with van der Waals surface area (Å²) in [7, 11) is -2.78. The van der Waals surface area contributed by atoms with Crippen molar-refractivity contribution in [3.05, 3.63) is 243 Å². The van der Waals surface area contributed by atoms with Crippen molar-refractivity contribution < 1.29 is 0 Å². The number of fused-ring (bicyclic) bond motifs is 10. The third-order valence-electron chi connectivity index (χ3n) is 13.5. The SMILES string of the molecule is c1ccc(-n2c3ccc([Si](c4ccccc4)(c4ccccc4)c4ccccc4)cc3c3ccc4c(c5ccccc5n4-c4ccc(-c5cccc6c5sc5ccccc56)cc4)c32)cc1. The quantitative estimate of drug-likeness (QED) is 0.112. The number of benzene rings is 10. The van der Waals surface area contributed by atoms with Crippen molar-refractivity contribution in [2.24, 2.45) is 0 Å². The Balaban J connectivity index is 1.07. The van der Waals surface area contributed by atoms with Crippen molar-refractivity contribution in [1.82, 2.24) is 9.13 Å². The smallest absolute Gasteiger partial charge is 0.179 e. The van der Waals surface area contributed by atoms with E-state index in [4.69, 9.17) is 0 Å². The summed E-state index contributed by atoms with van der Waals surface area (Å²) in [6.45, 7) is 0. The standard InChI is InChI=1S/C60H40N2SSi/c1-5-18-42(19-6-1)62-55-38-36-47(64(44-20-7-2-8-21-44,45-22-9-3-10-23-45)46-24-11-4-12-25-46)40-53(55)50-37-39-56-58(59(50)62)52-27-13-15-30-54(52)61(56)43-34-32-41(33-35-43)48-28-17-29-51-49-26-14-16-31-57(49)63-60(48)51/h1-40H. The molecule has 0 spiro atoms. The number of aromatic nitrogens is 2. The first kappa shape index (κ1) is 36.9. The molecule has 0 fully saturated rings. The van der Waals surface area contributed by atoms with Gasteiger partial charge >= 0.3 is 0 Å². The number of hydrogen-bond donors (Lipinski definition) is 0. The molecule has 10 aromatic carbocycles. The first-order valence-electron chi connectivity index (χ1n) is 22.0. The fourth-order valence-electron chi connectivity index (χ4n) is 10.7. The van der Waals surface area contributed by atoms with Gasteiger partial charge < -0.3 is 9.13 Å². The second kappa shape index (κ2) is 14.7. The third-order valence-corrected chi connectivity index (χ3v) is 19.5. The largest absolute Gasteiger partial charge is 0.309 e. The fourth-order valence-corrected chi connectivity index (χ4v) is 16.8. The topological polar surface area (TPSA) is 9.86 Å². The zero-order valence-electron chi connectivity index (χ0n) is 34.9. The van der Waals surface area contributed by atoms with Crippen molar-refractivity contribution in [2.75, 3.05) is 0 Å². The normalized spacial score (nSPS) is 12.1. The molecule has 0 aliphatic rings. The zero-order valence-corrected chi connectivity index (χ0v) is 36.7. The predicted molar refractivity (Wildman–Crippen MR) is 277 cm³/mol. The molecule has 2 nitrogen and oxygen atoms in total. The predicted octanol–water partition coefficient (Wildman–Crippen LogP) is 13.3. The van der Waals surface area contributed by atoms with E-state index in [-0.39, 0.29) is 0 Å². The van der Waals surface area contributed by atoms with Crippen molar-refractivity contribution in [3.63, 3.8) is 0 Å². The Kier molecular flexibility index (Phi) is 8.45. The van der Waals surface area contributed by atoms with Gasteiger partial charge in [-0.3, -0.25) is 0 Å². The fraction of sp³-hybridized carbons (Fsp3) is 0. The molecular weight excluding hydrogens is 809 g/mol. The lowest BCUT2D eigenvalue weighted by Gasteiger charge is -2.34. The number of thiophene rings is 1. The van der Waals surface area contributed by atoms with Gasteiger partial charge in [-0.15, -0.1) is 11.3 Å². The maximum absolute atomic E-state index is 2.78. The summed E-state index contributed by atoms with van der Waals surface area (Å²) in [5, 5.41) is 13.1. The molecule has 0 saturated heterocycles. The van der Waals surface area contributed by atoms with E-state index in [1.807, 2.05) is 11.3 Å². The van der Waals surface area contributed by atoms with Crippen LogP contribution in [0.1, 0.15) is 0 Å². The van der Waals surface area contributed by atoms with E-state index in [2.05, 4.69) is 252 Å². The second-order valence-electron chi connectivity index (χ2n) is 16.8. The molecule has 13 aromatic rings. The molecule has 0 bridgehead atoms. The molecule has 64 heavy (non-hydrogen) atoms. The highest BCUT2D eigenvalue weighted by atomic mass is 32.1. The highest BCUT2D eigenvalue weighted by Crippen LogP contribution is 2.43. The Morgan fingerprint density at radius 1 is 0.328 bits per heavy atom. The van der Waals surface area contributed by atoms with Gasteiger partial charge in [0.15, 0.2) is 8.07 Å². The Hall–Kier alpha value is -7.76. The van der Waals surface area contributed by atoms with Crippen molar-refractivity contribution >= 4 is 104 Å². The van der Waals surface area contributed by atoms with Crippen LogP contribution in [0.4, 0.5) is 0 Å². The van der Waals surface area contributed by atoms with Gasteiger partial charge in [0.2, 0.25) is 0 Å². The summed E-state index contributed by atoms with van der Waals surface area (Å²) < 4.78 is 7.64. The molecule has 0 radical (unpaired) electrons. The maximum atomic E-state index is 2.54. The van der Waals surface area contributed by atoms with E-state index in [1.165, 1.54) is 95.7 Å². The van der Waals surface area contributed by atoms with Gasteiger partial charge in [-0.1, -0.05) is 194 Å². The minimum atomic E-state index is -2.78. The maximum Gasteiger partial charge on any atom is 0.179 e. The van der Waals surface area contributed by atoms with Gasteiger partial charge in [-0.05, 0) is 80.4 Å². The number of hydrogen-bond acceptors (Lipinski definition) is 1. The molecule has 0 atom stereocenters. The van der Waals surface area contributed by atoms with Crippen LogP contribution in [0.3, 0.4) is 0 Å². The van der Waals surface area contributed by atoms with Crippen LogP contribution in [0.5, 0.6) is 0 Å². The van der Waals surface area contributed by atoms with Crippen LogP contribution < -0.4 is 20.7 Å². The Morgan fingerprint density at radius 2 is 0.875 bits per heavy atom. The van der Waals surface area contributed by atoms with Crippen LogP contribution in [0, 0.1) is 0 Å². The Morgan fingerprint density at radius 3 is 1.56 bits per heavy atom. The summed E-state index contributed by atoms with van der Waals surface area (Å²) in [5.74, 6) is 0. The van der Waals surface area contributed by atoms with Gasteiger partial charge in [0.1, 0.15) is 0 Å². The van der Waals surface area contributed by atoms with Gasteiger partial charge in [0.05, 0.1) is 22.1 Å². The van der Waals surface area contributed by atoms with E-state index < -0.39 is 8.07 Å². The summed E-state index contributed by atoms with van der Waals surface area (Å²) in [6.07, 6.45) is 0. The van der Waals surface area contributed by atoms with Gasteiger partial charge in [0, 0.05) is 53.1 Å². The second-order valence-corrected chi connectivity index (χ2v) is 21.6. The Bertz CT molecular complexity index is 3770. The third kappa shape index (κ3) is 5.43. The van der Waals surface area contributed by atoms with Crippen LogP contribution in [-0.4, -0.2) is 17.2 Å². The molecule has 0 amide bonds. The molecule has 0 aliphatic carbocycles. The van der Waals surface area contributed by atoms with Crippen LogP contribution >= 0.6 is 11.3 Å². The zero-order chi connectivity index (χ0) is 42.2. The molecule has 3 heterocycles. The highest BCUT2D eigenvalue weighted by Gasteiger charge is 2.41. The van der Waals surface area contributed by atoms with E-state index in [1.54, 1.807) is 0 Å². The van der Waals surface area contributed by atoms with E-state index in [0.29, 0.717) is 0 Å². The number of para-hydroxylation sites is 2. The summed E-state index contributed by atoms with van der Waals surface area (Å²) in [5.41, 5.74) is 9.61. The van der Waals surface area contributed by atoms with Gasteiger partial charge in [-0.25, -0.2) is 0 Å². The highest BCUT2D eigenvalue weighted by molar-refractivity contribution is 7.26. The average Bonchev–Trinajstić information content (AvgIpc) is 4.03. The molecule has 4 heteroatoms. The Labute approximate surface area is 376 Å². The molecule has 0 N–H and O–H groups in total. The monoisotopic (exact) mass is 848 g/mol. The lowest BCUT2D eigenvalue weighted by atomic mass is 10.0. The van der Waals surface area contributed by atoms with Crippen LogP contribution in [0.25, 0.3) is 86.3 Å². The van der Waals surface area contributed by atoms with Gasteiger partial charge in [0.25, 0.3) is 0 Å². The molecule has 0 aliphatic heterocycles. The van der Waals surface area contributed by atoms with E-state index in [9.17, 15) is 0 Å². The van der Waals surface area contributed by atoms with E-state index in [0.717, 1.165) is 11.4 Å². The molecule has 3 aromatic heterocycles. The van der Waals surface area contributed by atoms with Crippen LogP contribution in [0.2, 0.25) is 0 Å². The minimum absolute atomic E-state index is 1.15. The number of rotatable bonds is 7. The summed E-state index contributed by atoms with van der Waals surface area (Å²) >= 11 is 1.88. The summed E-state index contributed by atoms with van der Waals surface area (Å²) in [6, 6.07) is 90.4. The molecule has 0 saturated carbocycles. The lowest BCUT2D eigenvalue weighted by molar-refractivity contribution is 1.17. The van der Waals surface area contributed by atoms with Crippen molar-refractivity contribution in [3.8, 4) is 22.5 Å². The van der Waals surface area contributed by atoms with Crippen molar-refractivity contribution in [1.29, 1.82) is 0 Å².